The van der Waals surface area contributed by atoms with Crippen LogP contribution in [0.5, 0.6) is 11.5 Å². The maximum Gasteiger partial charge on any atom is 0.208 e. The van der Waals surface area contributed by atoms with Crippen LogP contribution in [0.3, 0.4) is 0 Å². The van der Waals surface area contributed by atoms with E-state index in [0.717, 1.165) is 16.7 Å². The van der Waals surface area contributed by atoms with Crippen LogP contribution >= 0.6 is 0 Å². The lowest BCUT2D eigenvalue weighted by Gasteiger charge is -2.49. The van der Waals surface area contributed by atoms with Crippen molar-refractivity contribution in [1.29, 1.82) is 0 Å². The van der Waals surface area contributed by atoms with Gasteiger partial charge in [-0.3, -0.25) is 0 Å². The number of rotatable bonds is 11. The molecular formula is C35H36O7. The van der Waals surface area contributed by atoms with E-state index in [-0.39, 0.29) is 6.61 Å². The molecule has 7 nitrogen and oxygen atoms in total. The third-order valence-electron chi connectivity index (χ3n) is 7.80. The second-order valence-electron chi connectivity index (χ2n) is 10.6. The van der Waals surface area contributed by atoms with Crippen LogP contribution in [0.25, 0.3) is 0 Å². The molecule has 6 atom stereocenters. The van der Waals surface area contributed by atoms with Crippen LogP contribution in [-0.4, -0.2) is 43.4 Å². The average molecular weight is 569 g/mol. The van der Waals surface area contributed by atoms with Crippen molar-refractivity contribution in [2.45, 2.75) is 50.5 Å². The number of aliphatic hydroxyl groups is 1. The molecule has 6 rings (SSSR count). The molecule has 4 aromatic carbocycles. The first-order chi connectivity index (χ1) is 20.7. The van der Waals surface area contributed by atoms with Gasteiger partial charge in [0.1, 0.15) is 23.7 Å². The maximum atomic E-state index is 11.7. The van der Waals surface area contributed by atoms with E-state index in [1.165, 1.54) is 0 Å². The summed E-state index contributed by atoms with van der Waals surface area (Å²) in [6.07, 6.45) is -3.28. The van der Waals surface area contributed by atoms with Crippen molar-refractivity contribution in [3.63, 3.8) is 0 Å². The Kier molecular flexibility index (Phi) is 9.13. The largest absolute Gasteiger partial charge is 0.497 e. The van der Waals surface area contributed by atoms with E-state index in [4.69, 9.17) is 28.4 Å². The molecule has 42 heavy (non-hydrogen) atoms. The van der Waals surface area contributed by atoms with Gasteiger partial charge in [-0.1, -0.05) is 91.0 Å². The van der Waals surface area contributed by atoms with Crippen molar-refractivity contribution < 1.29 is 33.5 Å². The van der Waals surface area contributed by atoms with E-state index in [1.807, 2.05) is 103 Å². The summed E-state index contributed by atoms with van der Waals surface area (Å²) in [5.41, 5.74) is 3.78. The third-order valence-corrected chi connectivity index (χ3v) is 7.80. The minimum absolute atomic E-state index is 0.257. The van der Waals surface area contributed by atoms with Gasteiger partial charge in [0.2, 0.25) is 6.29 Å². The fourth-order valence-electron chi connectivity index (χ4n) is 5.62. The maximum absolute atomic E-state index is 11.7. The van der Waals surface area contributed by atoms with Crippen LogP contribution in [0.1, 0.15) is 28.4 Å². The number of fused-ring (bicyclic) bond motifs is 2. The molecule has 0 spiro atoms. The van der Waals surface area contributed by atoms with Crippen LogP contribution in [0, 0.1) is 5.92 Å². The predicted molar refractivity (Wildman–Crippen MR) is 157 cm³/mol. The highest BCUT2D eigenvalue weighted by molar-refractivity contribution is 5.44. The number of ether oxygens (including phenoxy) is 6. The van der Waals surface area contributed by atoms with Gasteiger partial charge in [0, 0.05) is 11.6 Å². The first-order valence-corrected chi connectivity index (χ1v) is 14.3. The Hall–Kier alpha value is -3.72. The quantitative estimate of drug-likeness (QED) is 0.243. The molecule has 0 aromatic heterocycles. The van der Waals surface area contributed by atoms with E-state index in [1.54, 1.807) is 13.2 Å². The lowest BCUT2D eigenvalue weighted by molar-refractivity contribution is -0.304. The van der Waals surface area contributed by atoms with E-state index in [2.05, 4.69) is 0 Å². The molecule has 6 unspecified atom stereocenters. The zero-order valence-corrected chi connectivity index (χ0v) is 23.6. The zero-order chi connectivity index (χ0) is 28.7. The second kappa shape index (κ2) is 13.5. The van der Waals surface area contributed by atoms with Gasteiger partial charge in [0.15, 0.2) is 0 Å². The minimum atomic E-state index is -0.903. The Morgan fingerprint density at radius 2 is 1.26 bits per heavy atom. The molecule has 2 aliphatic rings. The predicted octanol–water partition coefficient (Wildman–Crippen LogP) is 5.85. The molecule has 0 amide bonds. The highest BCUT2D eigenvalue weighted by Crippen LogP contribution is 2.47. The molecule has 2 heterocycles. The molecule has 218 valence electrons. The molecule has 1 N–H and O–H groups in total. The van der Waals surface area contributed by atoms with E-state index in [0.29, 0.717) is 36.9 Å². The summed E-state index contributed by atoms with van der Waals surface area (Å²) >= 11 is 0. The fourth-order valence-corrected chi connectivity index (χ4v) is 5.62. The summed E-state index contributed by atoms with van der Waals surface area (Å²) in [7, 11) is 1.60. The second-order valence-corrected chi connectivity index (χ2v) is 10.6. The highest BCUT2D eigenvalue weighted by atomic mass is 16.7. The normalized spacial score (nSPS) is 24.7. The van der Waals surface area contributed by atoms with Gasteiger partial charge < -0.3 is 33.5 Å². The number of hydrogen-bond acceptors (Lipinski definition) is 7. The Bertz CT molecular complexity index is 1400. The molecular weight excluding hydrogens is 532 g/mol. The summed E-state index contributed by atoms with van der Waals surface area (Å²) in [6.45, 7) is 1.39. The summed E-state index contributed by atoms with van der Waals surface area (Å²) < 4.78 is 37.7. The Balaban J connectivity index is 1.30. The number of methoxy groups -OCH3 is 1. The third kappa shape index (κ3) is 6.51. The summed E-state index contributed by atoms with van der Waals surface area (Å²) in [5, 5.41) is 11.7. The van der Waals surface area contributed by atoms with Crippen molar-refractivity contribution in [2.75, 3.05) is 13.7 Å². The van der Waals surface area contributed by atoms with Gasteiger partial charge in [-0.25, -0.2) is 0 Å². The molecule has 4 aromatic rings. The van der Waals surface area contributed by atoms with Crippen molar-refractivity contribution in [3.05, 3.63) is 131 Å². The van der Waals surface area contributed by atoms with Crippen molar-refractivity contribution in [1.82, 2.24) is 0 Å². The van der Waals surface area contributed by atoms with Gasteiger partial charge in [-0.15, -0.1) is 0 Å². The van der Waals surface area contributed by atoms with Gasteiger partial charge in [0.05, 0.1) is 51.7 Å². The van der Waals surface area contributed by atoms with E-state index in [9.17, 15) is 5.11 Å². The molecule has 1 saturated heterocycles. The van der Waals surface area contributed by atoms with Crippen LogP contribution in [-0.2, 0) is 38.8 Å². The van der Waals surface area contributed by atoms with Crippen molar-refractivity contribution in [3.8, 4) is 11.5 Å². The van der Waals surface area contributed by atoms with Gasteiger partial charge >= 0.3 is 0 Å². The summed E-state index contributed by atoms with van der Waals surface area (Å²) in [6, 6.07) is 35.4. The molecule has 0 radical (unpaired) electrons. The number of benzene rings is 4. The SMILES string of the molecule is COc1ccc2c(c1)OC1OC(COCc3ccccc3)C(OCc3ccccc3)C(OCc3ccccc3)C1C2O. The lowest BCUT2D eigenvalue weighted by atomic mass is 9.81. The smallest absolute Gasteiger partial charge is 0.208 e. The van der Waals surface area contributed by atoms with Crippen LogP contribution in [0.4, 0.5) is 0 Å². The summed E-state index contributed by atoms with van der Waals surface area (Å²) in [4.78, 5) is 0. The molecule has 1 fully saturated rings. The fraction of sp³-hybridized carbons (Fsp3) is 0.314. The lowest BCUT2D eigenvalue weighted by Crippen LogP contribution is -2.61. The standard InChI is InChI=1S/C35H36O7/c1-37-27-17-18-28-29(19-27)41-35-31(32(28)36)34(40-22-26-15-9-4-10-16-26)33(39-21-25-13-7-3-8-14-25)30(42-35)23-38-20-24-11-5-2-6-12-24/h2-19,30-36H,20-23H2,1H3. The summed E-state index contributed by atoms with van der Waals surface area (Å²) in [5.74, 6) is 0.622. The minimum Gasteiger partial charge on any atom is -0.497 e. The molecule has 2 aliphatic heterocycles. The van der Waals surface area contributed by atoms with E-state index < -0.39 is 36.6 Å². The van der Waals surface area contributed by atoms with Gasteiger partial charge in [-0.2, -0.15) is 0 Å². The van der Waals surface area contributed by atoms with Crippen molar-refractivity contribution in [2.24, 2.45) is 5.92 Å². The Morgan fingerprint density at radius 1 is 0.690 bits per heavy atom. The molecule has 0 aliphatic carbocycles. The Labute approximate surface area is 246 Å². The first kappa shape index (κ1) is 28.4. The topological polar surface area (TPSA) is 75.6 Å². The first-order valence-electron chi connectivity index (χ1n) is 14.3. The molecule has 0 saturated carbocycles. The zero-order valence-electron chi connectivity index (χ0n) is 23.6. The average Bonchev–Trinajstić information content (AvgIpc) is 3.04. The van der Waals surface area contributed by atoms with Crippen molar-refractivity contribution >= 4 is 0 Å². The van der Waals surface area contributed by atoms with Crippen LogP contribution in [0.2, 0.25) is 0 Å². The number of aliphatic hydroxyl groups excluding tert-OH is 1. The van der Waals surface area contributed by atoms with Crippen LogP contribution in [0.15, 0.2) is 109 Å². The Morgan fingerprint density at radius 3 is 1.86 bits per heavy atom. The highest BCUT2D eigenvalue weighted by Gasteiger charge is 2.54. The molecule has 0 bridgehead atoms. The van der Waals surface area contributed by atoms with Crippen LogP contribution < -0.4 is 9.47 Å². The van der Waals surface area contributed by atoms with Gasteiger partial charge in [-0.05, 0) is 28.8 Å². The monoisotopic (exact) mass is 568 g/mol. The van der Waals surface area contributed by atoms with E-state index >= 15 is 0 Å². The molecule has 7 heteroatoms. The number of hydrogen-bond donors (Lipinski definition) is 1. The van der Waals surface area contributed by atoms with Gasteiger partial charge in [0.25, 0.3) is 0 Å².